The van der Waals surface area contributed by atoms with Crippen LogP contribution in [0.2, 0.25) is 0 Å². The van der Waals surface area contributed by atoms with Crippen LogP contribution in [0, 0.1) is 5.92 Å². The number of hydrogen-bond acceptors (Lipinski definition) is 4. The first-order valence-corrected chi connectivity index (χ1v) is 9.76. The van der Waals surface area contributed by atoms with E-state index >= 15 is 0 Å². The lowest BCUT2D eigenvalue weighted by molar-refractivity contribution is -0.136. The number of benzene rings is 1. The molecule has 2 heterocycles. The molecule has 1 aliphatic rings. The zero-order valence-electron chi connectivity index (χ0n) is 15.7. The molecular weight excluding hydrogens is 362 g/mol. The second kappa shape index (κ2) is 8.47. The van der Waals surface area contributed by atoms with E-state index in [4.69, 9.17) is 12.2 Å². The Hall–Kier alpha value is -2.48. The van der Waals surface area contributed by atoms with Crippen molar-refractivity contribution in [2.24, 2.45) is 5.92 Å². The first-order valence-electron chi connectivity index (χ1n) is 9.35. The average Bonchev–Trinajstić information content (AvgIpc) is 2.69. The van der Waals surface area contributed by atoms with Gasteiger partial charge in [0.05, 0.1) is 23.1 Å². The summed E-state index contributed by atoms with van der Waals surface area (Å²) >= 11 is 5.56. The van der Waals surface area contributed by atoms with Crippen molar-refractivity contribution in [3.8, 4) is 0 Å². The Morgan fingerprint density at radius 1 is 1.41 bits per heavy atom. The van der Waals surface area contributed by atoms with Gasteiger partial charge in [0, 0.05) is 31.9 Å². The number of nitrogens with zero attached hydrogens (tertiary/aromatic N) is 3. The Bertz CT molecular complexity index is 893. The molecule has 144 valence electrons. The Labute approximate surface area is 163 Å². The summed E-state index contributed by atoms with van der Waals surface area (Å²) in [6, 6.07) is 5.39. The summed E-state index contributed by atoms with van der Waals surface area (Å²) in [6.07, 6.45) is 3.22. The number of aromatic nitrogens is 2. The van der Waals surface area contributed by atoms with E-state index in [1.165, 1.54) is 6.33 Å². The van der Waals surface area contributed by atoms with Gasteiger partial charge in [-0.05, 0) is 57.1 Å². The number of carbonyl (C=O) groups excluding carboxylic acids is 1. The number of anilines is 1. The maximum Gasteiger partial charge on any atom is 0.258 e. The van der Waals surface area contributed by atoms with Gasteiger partial charge < -0.3 is 20.1 Å². The zero-order chi connectivity index (χ0) is 19.4. The highest BCUT2D eigenvalue weighted by Gasteiger charge is 2.29. The molecule has 1 unspecified atom stereocenters. The van der Waals surface area contributed by atoms with Crippen LogP contribution in [-0.2, 0) is 4.79 Å². The molecule has 27 heavy (non-hydrogen) atoms. The van der Waals surface area contributed by atoms with Crippen molar-refractivity contribution in [1.29, 1.82) is 0 Å². The number of carbonyl (C=O) groups is 1. The number of likely N-dealkylation sites (tertiary alicyclic amines) is 1. The third-order valence-electron chi connectivity index (χ3n) is 5.02. The predicted octanol–water partition coefficient (Wildman–Crippen LogP) is 2.20. The summed E-state index contributed by atoms with van der Waals surface area (Å²) in [6.45, 7) is 6.91. The highest BCUT2D eigenvalue weighted by atomic mass is 32.1. The highest BCUT2D eigenvalue weighted by molar-refractivity contribution is 7.80. The van der Waals surface area contributed by atoms with Gasteiger partial charge in [-0.3, -0.25) is 9.59 Å². The molecule has 1 fully saturated rings. The van der Waals surface area contributed by atoms with E-state index in [1.54, 1.807) is 12.1 Å². The van der Waals surface area contributed by atoms with Crippen LogP contribution in [0.1, 0.15) is 26.7 Å². The van der Waals surface area contributed by atoms with Crippen LogP contribution in [0.25, 0.3) is 10.9 Å². The Morgan fingerprint density at radius 3 is 2.93 bits per heavy atom. The van der Waals surface area contributed by atoms with Crippen LogP contribution in [0.15, 0.2) is 29.3 Å². The van der Waals surface area contributed by atoms with Crippen molar-refractivity contribution < 1.29 is 4.79 Å². The first-order chi connectivity index (χ1) is 13.0. The molecule has 1 aromatic carbocycles. The molecule has 0 spiro atoms. The third-order valence-corrected chi connectivity index (χ3v) is 5.38. The first kappa shape index (κ1) is 19.3. The summed E-state index contributed by atoms with van der Waals surface area (Å²) in [5.41, 5.74) is 1.19. The fourth-order valence-electron chi connectivity index (χ4n) is 3.51. The molecule has 0 bridgehead atoms. The van der Waals surface area contributed by atoms with E-state index in [9.17, 15) is 9.59 Å². The zero-order valence-corrected chi connectivity index (χ0v) is 16.5. The quantitative estimate of drug-likeness (QED) is 0.783. The number of H-pyrrole nitrogens is 1. The van der Waals surface area contributed by atoms with Gasteiger partial charge in [-0.25, -0.2) is 4.98 Å². The molecule has 2 aromatic rings. The van der Waals surface area contributed by atoms with E-state index in [0.717, 1.165) is 38.2 Å². The van der Waals surface area contributed by atoms with E-state index in [-0.39, 0.29) is 17.4 Å². The van der Waals surface area contributed by atoms with Crippen molar-refractivity contribution in [3.63, 3.8) is 0 Å². The molecule has 0 saturated carbocycles. The fraction of sp³-hybridized carbons (Fsp3) is 0.474. The van der Waals surface area contributed by atoms with Crippen molar-refractivity contribution >= 4 is 39.8 Å². The number of nitrogens with one attached hydrogen (secondary N) is 2. The number of thiocarbonyl (C=S) groups is 1. The third kappa shape index (κ3) is 4.27. The smallest absolute Gasteiger partial charge is 0.258 e. The molecule has 8 heteroatoms. The van der Waals surface area contributed by atoms with Crippen LogP contribution in [-0.4, -0.2) is 57.0 Å². The molecule has 1 atom stereocenters. The number of amides is 1. The molecule has 0 aliphatic carbocycles. The average molecular weight is 388 g/mol. The van der Waals surface area contributed by atoms with Gasteiger partial charge in [0.2, 0.25) is 5.91 Å². The van der Waals surface area contributed by atoms with E-state index < -0.39 is 0 Å². The predicted molar refractivity (Wildman–Crippen MR) is 111 cm³/mol. The summed E-state index contributed by atoms with van der Waals surface area (Å²) in [5, 5.41) is 4.29. The maximum absolute atomic E-state index is 12.7. The van der Waals surface area contributed by atoms with Gasteiger partial charge in [0.1, 0.15) is 0 Å². The number of hydrogen-bond donors (Lipinski definition) is 2. The Balaban J connectivity index is 1.69. The summed E-state index contributed by atoms with van der Waals surface area (Å²) in [4.78, 5) is 35.3. The molecule has 1 saturated heterocycles. The molecule has 2 N–H and O–H groups in total. The lowest BCUT2D eigenvalue weighted by Gasteiger charge is -2.36. The lowest BCUT2D eigenvalue weighted by Crippen LogP contribution is -2.47. The van der Waals surface area contributed by atoms with E-state index in [2.05, 4.69) is 15.3 Å². The second-order valence-electron chi connectivity index (χ2n) is 6.69. The number of fused-ring (bicyclic) bond motifs is 1. The molecule has 1 aromatic heterocycles. The Morgan fingerprint density at radius 2 is 2.19 bits per heavy atom. The normalized spacial score (nSPS) is 17.0. The van der Waals surface area contributed by atoms with Gasteiger partial charge in [0.25, 0.3) is 5.56 Å². The van der Waals surface area contributed by atoms with Crippen molar-refractivity contribution in [2.75, 3.05) is 31.5 Å². The van der Waals surface area contributed by atoms with Crippen LogP contribution >= 0.6 is 12.2 Å². The van der Waals surface area contributed by atoms with Crippen LogP contribution < -0.4 is 10.9 Å². The maximum atomic E-state index is 12.7. The van der Waals surface area contributed by atoms with Crippen LogP contribution in [0.3, 0.4) is 0 Å². The number of rotatable bonds is 4. The highest BCUT2D eigenvalue weighted by Crippen LogP contribution is 2.21. The molecule has 7 nitrogen and oxygen atoms in total. The van der Waals surface area contributed by atoms with Gasteiger partial charge in [-0.15, -0.1) is 0 Å². The molecular formula is C19H25N5O2S. The van der Waals surface area contributed by atoms with Gasteiger partial charge in [-0.2, -0.15) is 0 Å². The van der Waals surface area contributed by atoms with Crippen molar-refractivity contribution in [3.05, 3.63) is 34.9 Å². The van der Waals surface area contributed by atoms with Crippen LogP contribution in [0.4, 0.5) is 5.69 Å². The molecule has 3 rings (SSSR count). The minimum atomic E-state index is -0.183. The standard InChI is InChI=1S/C19H25N5O2S/c1-3-23(4-2)18(26)13-6-5-9-24(11-13)19(27)22-14-7-8-16-15(10-14)17(25)21-12-20-16/h7-8,10,12-13H,3-6,9,11H2,1-2H3,(H,22,27)(H,20,21,25). The largest absolute Gasteiger partial charge is 0.348 e. The summed E-state index contributed by atoms with van der Waals surface area (Å²) in [5.74, 6) is 0.179. The summed E-state index contributed by atoms with van der Waals surface area (Å²) in [7, 11) is 0. The minimum Gasteiger partial charge on any atom is -0.348 e. The summed E-state index contributed by atoms with van der Waals surface area (Å²) < 4.78 is 0. The van der Waals surface area contributed by atoms with Gasteiger partial charge in [-0.1, -0.05) is 0 Å². The fourth-order valence-corrected chi connectivity index (χ4v) is 3.79. The van der Waals surface area contributed by atoms with Crippen LogP contribution in [0.5, 0.6) is 0 Å². The molecule has 0 radical (unpaired) electrons. The van der Waals surface area contributed by atoms with E-state index in [1.807, 2.05) is 29.7 Å². The Kier molecular flexibility index (Phi) is 6.05. The van der Waals surface area contributed by atoms with Gasteiger partial charge >= 0.3 is 0 Å². The number of aromatic amines is 1. The minimum absolute atomic E-state index is 0.0259. The van der Waals surface area contributed by atoms with Crippen molar-refractivity contribution in [2.45, 2.75) is 26.7 Å². The monoisotopic (exact) mass is 387 g/mol. The number of piperidine rings is 1. The lowest BCUT2D eigenvalue weighted by atomic mass is 9.96. The van der Waals surface area contributed by atoms with Gasteiger partial charge in [0.15, 0.2) is 5.11 Å². The van der Waals surface area contributed by atoms with E-state index in [0.29, 0.717) is 22.6 Å². The molecule has 1 aliphatic heterocycles. The SMILES string of the molecule is CCN(CC)C(=O)C1CCCN(C(=S)Nc2ccc3nc[nH]c(=O)c3c2)C1. The second-order valence-corrected chi connectivity index (χ2v) is 7.08. The topological polar surface area (TPSA) is 81.3 Å². The van der Waals surface area contributed by atoms with Crippen molar-refractivity contribution in [1.82, 2.24) is 19.8 Å². The molecule has 1 amide bonds.